The molecule has 0 aliphatic rings. The molecule has 2 heteroatoms. The van der Waals surface area contributed by atoms with Gasteiger partial charge in [-0.1, -0.05) is 20.8 Å². The molecule has 2 nitrogen and oxygen atoms in total. The molecule has 0 radical (unpaired) electrons. The molecule has 0 aromatic carbocycles. The van der Waals surface area contributed by atoms with Crippen LogP contribution in [0.2, 0.25) is 0 Å². The van der Waals surface area contributed by atoms with Crippen LogP contribution in [-0.4, -0.2) is 26.3 Å². The van der Waals surface area contributed by atoms with Crippen LogP contribution in [0.1, 0.15) is 34.1 Å². The highest BCUT2D eigenvalue weighted by molar-refractivity contribution is 4.58. The van der Waals surface area contributed by atoms with E-state index < -0.39 is 0 Å². The van der Waals surface area contributed by atoms with Crippen LogP contribution in [0.3, 0.4) is 0 Å². The van der Waals surface area contributed by atoms with E-state index in [1.165, 1.54) is 6.42 Å². The van der Waals surface area contributed by atoms with Crippen LogP contribution in [0.25, 0.3) is 0 Å². The highest BCUT2D eigenvalue weighted by Crippen LogP contribution is 2.00. The first-order valence-electron chi connectivity index (χ1n) is 5.45. The third-order valence-corrected chi connectivity index (χ3v) is 2.00. The molecular formula is C11H25NO. The summed E-state index contributed by atoms with van der Waals surface area (Å²) in [7, 11) is 0. The molecule has 0 rings (SSSR count). The molecule has 0 aromatic heterocycles. The second-order valence-corrected chi connectivity index (χ2v) is 4.14. The minimum absolute atomic E-state index is 0.727. The van der Waals surface area contributed by atoms with E-state index in [-0.39, 0.29) is 0 Å². The Kier molecular flexibility index (Phi) is 8.46. The molecule has 0 spiro atoms. The summed E-state index contributed by atoms with van der Waals surface area (Å²) in [4.78, 5) is 0. The molecule has 1 atom stereocenters. The van der Waals surface area contributed by atoms with Gasteiger partial charge in [0.05, 0.1) is 0 Å². The van der Waals surface area contributed by atoms with Gasteiger partial charge in [0.1, 0.15) is 0 Å². The lowest BCUT2D eigenvalue weighted by Gasteiger charge is -2.13. The maximum Gasteiger partial charge on any atom is 0.0468 e. The second-order valence-electron chi connectivity index (χ2n) is 4.14. The molecular weight excluding hydrogens is 162 g/mol. The number of nitrogens with one attached hydrogen (secondary N) is 1. The van der Waals surface area contributed by atoms with Gasteiger partial charge in [0.2, 0.25) is 0 Å². The number of ether oxygens (including phenoxy) is 1. The monoisotopic (exact) mass is 187 g/mol. The minimum atomic E-state index is 0.727. The first-order valence-corrected chi connectivity index (χ1v) is 5.45. The van der Waals surface area contributed by atoms with E-state index in [9.17, 15) is 0 Å². The lowest BCUT2D eigenvalue weighted by molar-refractivity contribution is 0.133. The van der Waals surface area contributed by atoms with Crippen molar-refractivity contribution in [1.29, 1.82) is 0 Å². The molecule has 1 N–H and O–H groups in total. The Morgan fingerprint density at radius 2 is 1.85 bits per heavy atom. The van der Waals surface area contributed by atoms with E-state index in [4.69, 9.17) is 4.74 Å². The van der Waals surface area contributed by atoms with Crippen molar-refractivity contribution in [1.82, 2.24) is 5.32 Å². The van der Waals surface area contributed by atoms with Crippen molar-refractivity contribution < 1.29 is 4.74 Å². The lowest BCUT2D eigenvalue weighted by Crippen LogP contribution is -2.25. The Morgan fingerprint density at radius 3 is 2.38 bits per heavy atom. The predicted molar refractivity (Wildman–Crippen MR) is 58.0 cm³/mol. The van der Waals surface area contributed by atoms with Crippen molar-refractivity contribution in [2.24, 2.45) is 11.8 Å². The van der Waals surface area contributed by atoms with Gasteiger partial charge in [-0.2, -0.15) is 0 Å². The van der Waals surface area contributed by atoms with E-state index in [1.807, 2.05) is 6.92 Å². The van der Waals surface area contributed by atoms with Crippen LogP contribution in [0.4, 0.5) is 0 Å². The smallest absolute Gasteiger partial charge is 0.0468 e. The van der Waals surface area contributed by atoms with Crippen LogP contribution in [-0.2, 0) is 4.74 Å². The molecule has 0 aliphatic heterocycles. The van der Waals surface area contributed by atoms with Crippen LogP contribution < -0.4 is 5.32 Å². The molecule has 0 amide bonds. The quantitative estimate of drug-likeness (QED) is 0.589. The van der Waals surface area contributed by atoms with Crippen molar-refractivity contribution in [3.63, 3.8) is 0 Å². The molecule has 1 unspecified atom stereocenters. The van der Waals surface area contributed by atoms with Gasteiger partial charge < -0.3 is 10.1 Å². The van der Waals surface area contributed by atoms with Gasteiger partial charge in [-0.3, -0.25) is 0 Å². The van der Waals surface area contributed by atoms with Crippen molar-refractivity contribution >= 4 is 0 Å². The average Bonchev–Trinajstić information content (AvgIpc) is 2.04. The Morgan fingerprint density at radius 1 is 1.15 bits per heavy atom. The highest BCUT2D eigenvalue weighted by Gasteiger charge is 2.01. The Bertz CT molecular complexity index is 104. The minimum Gasteiger partial charge on any atom is -0.382 e. The second kappa shape index (κ2) is 8.52. The topological polar surface area (TPSA) is 21.3 Å². The zero-order valence-electron chi connectivity index (χ0n) is 9.60. The summed E-state index contributed by atoms with van der Waals surface area (Å²) < 4.78 is 5.30. The summed E-state index contributed by atoms with van der Waals surface area (Å²) in [6, 6.07) is 0. The SMILES string of the molecule is CCOCCC(C)CNCC(C)C. The largest absolute Gasteiger partial charge is 0.382 e. The van der Waals surface area contributed by atoms with Crippen LogP contribution in [0.15, 0.2) is 0 Å². The van der Waals surface area contributed by atoms with E-state index in [0.29, 0.717) is 0 Å². The first-order chi connectivity index (χ1) is 6.16. The van der Waals surface area contributed by atoms with E-state index in [0.717, 1.165) is 38.1 Å². The van der Waals surface area contributed by atoms with E-state index in [2.05, 4.69) is 26.1 Å². The predicted octanol–water partition coefficient (Wildman–Crippen LogP) is 2.29. The van der Waals surface area contributed by atoms with Gasteiger partial charge in [-0.25, -0.2) is 0 Å². The van der Waals surface area contributed by atoms with Crippen molar-refractivity contribution in [3.05, 3.63) is 0 Å². The fourth-order valence-electron chi connectivity index (χ4n) is 1.15. The summed E-state index contributed by atoms with van der Waals surface area (Å²) in [6.07, 6.45) is 1.17. The number of rotatable bonds is 8. The highest BCUT2D eigenvalue weighted by atomic mass is 16.5. The third kappa shape index (κ3) is 9.84. The molecule has 0 saturated heterocycles. The van der Waals surface area contributed by atoms with Gasteiger partial charge in [0.15, 0.2) is 0 Å². The Balaban J connectivity index is 3.15. The number of hydrogen-bond acceptors (Lipinski definition) is 2. The maximum absolute atomic E-state index is 5.30. The summed E-state index contributed by atoms with van der Waals surface area (Å²) in [5.41, 5.74) is 0. The van der Waals surface area contributed by atoms with Crippen molar-refractivity contribution in [2.75, 3.05) is 26.3 Å². The molecule has 0 saturated carbocycles. The standard InChI is InChI=1S/C11H25NO/c1-5-13-7-6-11(4)9-12-8-10(2)3/h10-12H,5-9H2,1-4H3. The summed E-state index contributed by atoms with van der Waals surface area (Å²) in [5, 5.41) is 3.46. The maximum atomic E-state index is 5.30. The van der Waals surface area contributed by atoms with Crippen LogP contribution >= 0.6 is 0 Å². The fourth-order valence-corrected chi connectivity index (χ4v) is 1.15. The van der Waals surface area contributed by atoms with Gasteiger partial charge in [0.25, 0.3) is 0 Å². The normalized spacial score (nSPS) is 13.6. The summed E-state index contributed by atoms with van der Waals surface area (Å²) in [5.74, 6) is 1.48. The Labute approximate surface area is 83.1 Å². The molecule has 0 fully saturated rings. The van der Waals surface area contributed by atoms with E-state index >= 15 is 0 Å². The van der Waals surface area contributed by atoms with Crippen LogP contribution in [0.5, 0.6) is 0 Å². The van der Waals surface area contributed by atoms with Gasteiger partial charge in [0, 0.05) is 13.2 Å². The summed E-state index contributed by atoms with van der Waals surface area (Å²) >= 11 is 0. The molecule has 0 bridgehead atoms. The van der Waals surface area contributed by atoms with Gasteiger partial charge >= 0.3 is 0 Å². The van der Waals surface area contributed by atoms with E-state index in [1.54, 1.807) is 0 Å². The Hall–Kier alpha value is -0.0800. The molecule has 13 heavy (non-hydrogen) atoms. The van der Waals surface area contributed by atoms with Gasteiger partial charge in [-0.15, -0.1) is 0 Å². The molecule has 0 aliphatic carbocycles. The van der Waals surface area contributed by atoms with Crippen molar-refractivity contribution in [3.8, 4) is 0 Å². The molecule has 0 heterocycles. The fraction of sp³-hybridized carbons (Fsp3) is 1.00. The summed E-state index contributed by atoms with van der Waals surface area (Å²) in [6.45, 7) is 12.8. The molecule has 0 aromatic rings. The first kappa shape index (κ1) is 12.9. The lowest BCUT2D eigenvalue weighted by atomic mass is 10.1. The van der Waals surface area contributed by atoms with Crippen LogP contribution in [0, 0.1) is 11.8 Å². The number of hydrogen-bond donors (Lipinski definition) is 1. The van der Waals surface area contributed by atoms with Crippen molar-refractivity contribution in [2.45, 2.75) is 34.1 Å². The zero-order chi connectivity index (χ0) is 10.1. The zero-order valence-corrected chi connectivity index (χ0v) is 9.60. The van der Waals surface area contributed by atoms with Gasteiger partial charge in [-0.05, 0) is 38.3 Å². The average molecular weight is 187 g/mol. The third-order valence-electron chi connectivity index (χ3n) is 2.00. The molecule has 80 valence electrons.